The zero-order valence-electron chi connectivity index (χ0n) is 12.5. The molecule has 2 aromatic rings. The Morgan fingerprint density at radius 1 is 1.15 bits per heavy atom. The first-order chi connectivity index (χ1) is 9.67. The predicted molar refractivity (Wildman–Crippen MR) is 80.6 cm³/mol. The molecule has 2 rings (SSSR count). The quantitative estimate of drug-likeness (QED) is 0.843. The second-order valence-corrected chi connectivity index (χ2v) is 5.42. The molecule has 0 spiro atoms. The lowest BCUT2D eigenvalue weighted by Crippen LogP contribution is -2.12. The summed E-state index contributed by atoms with van der Waals surface area (Å²) in [6, 6.07) is 8.12. The summed E-state index contributed by atoms with van der Waals surface area (Å²) < 4.78 is 7.15. The molecule has 0 radical (unpaired) electrons. The molecule has 0 amide bonds. The van der Waals surface area contributed by atoms with Gasteiger partial charge >= 0.3 is 0 Å². The van der Waals surface area contributed by atoms with Gasteiger partial charge in [-0.2, -0.15) is 5.10 Å². The summed E-state index contributed by atoms with van der Waals surface area (Å²) in [5.41, 5.74) is 2.47. The third kappa shape index (κ3) is 4.38. The van der Waals surface area contributed by atoms with Crippen LogP contribution in [0.2, 0.25) is 0 Å². The van der Waals surface area contributed by atoms with Crippen LogP contribution < -0.4 is 10.1 Å². The van der Waals surface area contributed by atoms with Gasteiger partial charge in [0.25, 0.3) is 0 Å². The fourth-order valence-electron chi connectivity index (χ4n) is 2.07. The first-order valence-electron chi connectivity index (χ1n) is 7.02. The summed E-state index contributed by atoms with van der Waals surface area (Å²) in [6.07, 6.45) is 4.05. The summed E-state index contributed by atoms with van der Waals surface area (Å²) in [5, 5.41) is 7.79. The number of rotatable bonds is 7. The fraction of sp³-hybridized carbons (Fsp3) is 0.438. The molecule has 1 N–H and O–H groups in total. The summed E-state index contributed by atoms with van der Waals surface area (Å²) in [6.45, 7) is 7.05. The van der Waals surface area contributed by atoms with Crippen LogP contribution in [0.15, 0.2) is 36.7 Å². The van der Waals surface area contributed by atoms with Gasteiger partial charge in [0.1, 0.15) is 5.75 Å². The molecular formula is C16H23N3O. The second-order valence-electron chi connectivity index (χ2n) is 5.42. The number of nitrogens with zero attached hydrogens (tertiary/aromatic N) is 2. The van der Waals surface area contributed by atoms with Gasteiger partial charge in [-0.25, -0.2) is 0 Å². The number of benzene rings is 1. The highest BCUT2D eigenvalue weighted by Crippen LogP contribution is 2.11. The van der Waals surface area contributed by atoms with Crippen molar-refractivity contribution in [2.24, 2.45) is 5.92 Å². The fourth-order valence-corrected chi connectivity index (χ4v) is 2.07. The molecule has 4 heteroatoms. The zero-order chi connectivity index (χ0) is 14.4. The van der Waals surface area contributed by atoms with Crippen molar-refractivity contribution in [3.8, 4) is 5.75 Å². The molecule has 0 unspecified atom stereocenters. The topological polar surface area (TPSA) is 39.1 Å². The lowest BCUT2D eigenvalue weighted by Gasteiger charge is -2.05. The van der Waals surface area contributed by atoms with Crippen LogP contribution in [0.3, 0.4) is 0 Å². The van der Waals surface area contributed by atoms with Crippen molar-refractivity contribution in [1.82, 2.24) is 15.1 Å². The normalized spacial score (nSPS) is 11.0. The SMILES string of the molecule is COc1ccc(CNCc2cnn(CC(C)C)c2)cc1. The molecule has 108 valence electrons. The van der Waals surface area contributed by atoms with Crippen molar-refractivity contribution >= 4 is 0 Å². The Balaban J connectivity index is 1.78. The summed E-state index contributed by atoms with van der Waals surface area (Å²) in [7, 11) is 1.68. The Bertz CT molecular complexity index is 517. The van der Waals surface area contributed by atoms with Crippen molar-refractivity contribution in [2.45, 2.75) is 33.5 Å². The van der Waals surface area contributed by atoms with Gasteiger partial charge < -0.3 is 10.1 Å². The first-order valence-corrected chi connectivity index (χ1v) is 7.02. The molecule has 0 saturated heterocycles. The van der Waals surface area contributed by atoms with E-state index in [1.54, 1.807) is 7.11 Å². The van der Waals surface area contributed by atoms with E-state index in [4.69, 9.17) is 4.74 Å². The van der Waals surface area contributed by atoms with Gasteiger partial charge in [-0.05, 0) is 23.6 Å². The van der Waals surface area contributed by atoms with Crippen molar-refractivity contribution in [2.75, 3.05) is 7.11 Å². The highest BCUT2D eigenvalue weighted by Gasteiger charge is 2.01. The van der Waals surface area contributed by atoms with Crippen LogP contribution in [-0.4, -0.2) is 16.9 Å². The van der Waals surface area contributed by atoms with Gasteiger partial charge in [-0.1, -0.05) is 26.0 Å². The van der Waals surface area contributed by atoms with Crippen LogP contribution in [0.1, 0.15) is 25.0 Å². The van der Waals surface area contributed by atoms with Gasteiger partial charge in [-0.3, -0.25) is 4.68 Å². The maximum absolute atomic E-state index is 5.15. The molecule has 0 bridgehead atoms. The van der Waals surface area contributed by atoms with Crippen molar-refractivity contribution < 1.29 is 4.74 Å². The smallest absolute Gasteiger partial charge is 0.118 e. The molecule has 0 aliphatic carbocycles. The van der Waals surface area contributed by atoms with E-state index < -0.39 is 0 Å². The van der Waals surface area contributed by atoms with Crippen LogP contribution in [-0.2, 0) is 19.6 Å². The average molecular weight is 273 g/mol. The van der Waals surface area contributed by atoms with Crippen molar-refractivity contribution in [3.05, 3.63) is 47.8 Å². The molecular weight excluding hydrogens is 250 g/mol. The number of aromatic nitrogens is 2. The van der Waals surface area contributed by atoms with E-state index in [0.29, 0.717) is 5.92 Å². The number of nitrogens with one attached hydrogen (secondary N) is 1. The third-order valence-electron chi connectivity index (χ3n) is 3.06. The summed E-state index contributed by atoms with van der Waals surface area (Å²) in [5.74, 6) is 1.51. The van der Waals surface area contributed by atoms with Crippen molar-refractivity contribution in [1.29, 1.82) is 0 Å². The largest absolute Gasteiger partial charge is 0.497 e. The monoisotopic (exact) mass is 273 g/mol. The summed E-state index contributed by atoms with van der Waals surface area (Å²) in [4.78, 5) is 0. The van der Waals surface area contributed by atoms with Gasteiger partial charge in [0.2, 0.25) is 0 Å². The standard InChI is InChI=1S/C16H23N3O/c1-13(2)11-19-12-15(10-18-19)9-17-8-14-4-6-16(20-3)7-5-14/h4-7,10,12-13,17H,8-9,11H2,1-3H3. The highest BCUT2D eigenvalue weighted by atomic mass is 16.5. The number of hydrogen-bond donors (Lipinski definition) is 1. The van der Waals surface area contributed by atoms with Crippen LogP contribution in [0, 0.1) is 5.92 Å². The first kappa shape index (κ1) is 14.6. The van der Waals surface area contributed by atoms with Crippen LogP contribution >= 0.6 is 0 Å². The molecule has 0 fully saturated rings. The predicted octanol–water partition coefficient (Wildman–Crippen LogP) is 2.84. The lowest BCUT2D eigenvalue weighted by molar-refractivity contribution is 0.414. The van der Waals surface area contributed by atoms with E-state index in [2.05, 4.69) is 42.6 Å². The van der Waals surface area contributed by atoms with Crippen molar-refractivity contribution in [3.63, 3.8) is 0 Å². The van der Waals surface area contributed by atoms with E-state index in [0.717, 1.165) is 25.4 Å². The maximum atomic E-state index is 5.15. The molecule has 0 aliphatic heterocycles. The zero-order valence-corrected chi connectivity index (χ0v) is 12.5. The minimum atomic E-state index is 0.620. The molecule has 4 nitrogen and oxygen atoms in total. The second kappa shape index (κ2) is 7.10. The molecule has 20 heavy (non-hydrogen) atoms. The number of hydrogen-bond acceptors (Lipinski definition) is 3. The Morgan fingerprint density at radius 3 is 2.50 bits per heavy atom. The third-order valence-corrected chi connectivity index (χ3v) is 3.06. The molecule has 1 aromatic carbocycles. The van der Waals surface area contributed by atoms with E-state index in [9.17, 15) is 0 Å². The summed E-state index contributed by atoms with van der Waals surface area (Å²) >= 11 is 0. The molecule has 0 aliphatic rings. The van der Waals surface area contributed by atoms with Gasteiger partial charge in [0, 0.05) is 31.4 Å². The van der Waals surface area contributed by atoms with Crippen LogP contribution in [0.5, 0.6) is 5.75 Å². The molecule has 0 atom stereocenters. The molecule has 1 aromatic heterocycles. The molecule has 1 heterocycles. The number of ether oxygens (including phenoxy) is 1. The van der Waals surface area contributed by atoms with Crippen LogP contribution in [0.25, 0.3) is 0 Å². The van der Waals surface area contributed by atoms with E-state index >= 15 is 0 Å². The molecule has 0 saturated carbocycles. The number of methoxy groups -OCH3 is 1. The Hall–Kier alpha value is -1.81. The van der Waals surface area contributed by atoms with Crippen LogP contribution in [0.4, 0.5) is 0 Å². The Labute approximate surface area is 120 Å². The average Bonchev–Trinajstić information content (AvgIpc) is 2.86. The van der Waals surface area contributed by atoms with Gasteiger partial charge in [0.15, 0.2) is 0 Å². The maximum Gasteiger partial charge on any atom is 0.118 e. The van der Waals surface area contributed by atoms with E-state index in [1.807, 2.05) is 23.0 Å². The van der Waals surface area contributed by atoms with E-state index in [1.165, 1.54) is 11.1 Å². The van der Waals surface area contributed by atoms with E-state index in [-0.39, 0.29) is 0 Å². The Kier molecular flexibility index (Phi) is 5.18. The van der Waals surface area contributed by atoms with Gasteiger partial charge in [0.05, 0.1) is 13.3 Å². The highest BCUT2D eigenvalue weighted by molar-refractivity contribution is 5.27. The van der Waals surface area contributed by atoms with Gasteiger partial charge in [-0.15, -0.1) is 0 Å². The minimum absolute atomic E-state index is 0.620. The lowest BCUT2D eigenvalue weighted by atomic mass is 10.2. The Morgan fingerprint density at radius 2 is 1.85 bits per heavy atom. The minimum Gasteiger partial charge on any atom is -0.497 e.